The normalized spacial score (nSPS) is 17.4. The van der Waals surface area contributed by atoms with E-state index in [1.54, 1.807) is 0 Å². The average molecular weight is 409 g/mol. The van der Waals surface area contributed by atoms with Crippen LogP contribution in [-0.2, 0) is 11.3 Å². The van der Waals surface area contributed by atoms with Gasteiger partial charge in [-0.1, -0.05) is 54.1 Å². The van der Waals surface area contributed by atoms with Crippen LogP contribution >= 0.6 is 0 Å². The predicted octanol–water partition coefficient (Wildman–Crippen LogP) is 3.87. The van der Waals surface area contributed by atoms with Crippen molar-refractivity contribution in [2.45, 2.75) is 51.7 Å². The Labute approximate surface area is 181 Å². The maximum atomic E-state index is 5.66. The van der Waals surface area contributed by atoms with Crippen LogP contribution in [0.15, 0.2) is 53.5 Å². The van der Waals surface area contributed by atoms with Crippen molar-refractivity contribution >= 4 is 5.96 Å². The number of benzene rings is 2. The van der Waals surface area contributed by atoms with Gasteiger partial charge in [0.1, 0.15) is 0 Å². The van der Waals surface area contributed by atoms with Gasteiger partial charge in [-0.15, -0.1) is 0 Å². The Morgan fingerprint density at radius 3 is 2.47 bits per heavy atom. The van der Waals surface area contributed by atoms with Gasteiger partial charge in [-0.05, 0) is 50.3 Å². The van der Waals surface area contributed by atoms with Crippen LogP contribution in [0.5, 0.6) is 0 Å². The Kier molecular flexibility index (Phi) is 7.88. The molecule has 2 aromatic carbocycles. The number of aliphatic imine (C=N–C) groups is 1. The summed E-state index contributed by atoms with van der Waals surface area (Å²) in [7, 11) is 1.83. The summed E-state index contributed by atoms with van der Waals surface area (Å²) in [6, 6.07) is 17.5. The van der Waals surface area contributed by atoms with Gasteiger partial charge in [0, 0.05) is 44.9 Å². The van der Waals surface area contributed by atoms with E-state index >= 15 is 0 Å². The van der Waals surface area contributed by atoms with Gasteiger partial charge in [0.15, 0.2) is 5.96 Å². The summed E-state index contributed by atoms with van der Waals surface area (Å²) in [5.74, 6) is 0.829. The second-order valence-electron chi connectivity index (χ2n) is 8.38. The summed E-state index contributed by atoms with van der Waals surface area (Å²) < 4.78 is 5.66. The molecular formula is C25H36N4O. The summed E-state index contributed by atoms with van der Waals surface area (Å²) in [5, 5.41) is 10.9. The van der Waals surface area contributed by atoms with Crippen LogP contribution in [0.2, 0.25) is 0 Å². The largest absolute Gasteiger partial charge is 0.381 e. The van der Waals surface area contributed by atoms with E-state index < -0.39 is 0 Å². The molecule has 5 heteroatoms. The van der Waals surface area contributed by atoms with E-state index in [9.17, 15) is 0 Å². The number of hydrogen-bond donors (Lipinski definition) is 3. The molecule has 1 unspecified atom stereocenters. The van der Waals surface area contributed by atoms with E-state index in [-0.39, 0.29) is 11.6 Å². The van der Waals surface area contributed by atoms with Gasteiger partial charge >= 0.3 is 0 Å². The lowest BCUT2D eigenvalue weighted by Gasteiger charge is -2.41. The highest BCUT2D eigenvalue weighted by Crippen LogP contribution is 2.25. The first-order chi connectivity index (χ1) is 14.5. The highest BCUT2D eigenvalue weighted by atomic mass is 16.5. The van der Waals surface area contributed by atoms with E-state index in [0.29, 0.717) is 0 Å². The molecule has 30 heavy (non-hydrogen) atoms. The highest BCUT2D eigenvalue weighted by Gasteiger charge is 2.34. The molecule has 0 aromatic heterocycles. The number of nitrogens with zero attached hydrogens (tertiary/aromatic N) is 1. The van der Waals surface area contributed by atoms with E-state index in [2.05, 4.69) is 90.2 Å². The summed E-state index contributed by atoms with van der Waals surface area (Å²) in [5.41, 5.74) is 5.17. The predicted molar refractivity (Wildman–Crippen MR) is 125 cm³/mol. The van der Waals surface area contributed by atoms with Crippen LogP contribution in [-0.4, -0.2) is 38.3 Å². The number of hydrogen-bond acceptors (Lipinski definition) is 3. The Morgan fingerprint density at radius 1 is 1.07 bits per heavy atom. The van der Waals surface area contributed by atoms with Crippen LogP contribution < -0.4 is 16.0 Å². The zero-order valence-corrected chi connectivity index (χ0v) is 18.8. The van der Waals surface area contributed by atoms with Crippen molar-refractivity contribution in [2.75, 3.05) is 26.8 Å². The molecule has 3 rings (SSSR count). The monoisotopic (exact) mass is 408 g/mol. The minimum atomic E-state index is -0.0229. The molecule has 0 radical (unpaired) electrons. The standard InChI is InChI=1S/C25H36N4O/c1-19-10-11-23(20(2)16-19)17-27-24(26-4)28-18-25(12-14-30-15-13-25)29-21(3)22-8-6-5-7-9-22/h5-11,16,21,29H,12-15,17-18H2,1-4H3,(H2,26,27,28). The lowest BCUT2D eigenvalue weighted by molar-refractivity contribution is 0.0355. The Balaban J connectivity index is 1.61. The maximum Gasteiger partial charge on any atom is 0.191 e. The first kappa shape index (κ1) is 22.3. The average Bonchev–Trinajstić information content (AvgIpc) is 2.76. The summed E-state index contributed by atoms with van der Waals surface area (Å²) >= 11 is 0. The fraction of sp³-hybridized carbons (Fsp3) is 0.480. The van der Waals surface area contributed by atoms with Gasteiger partial charge in [0.25, 0.3) is 0 Å². The van der Waals surface area contributed by atoms with Gasteiger partial charge in [0.05, 0.1) is 0 Å². The molecule has 0 amide bonds. The fourth-order valence-corrected chi connectivity index (χ4v) is 4.12. The molecule has 3 N–H and O–H groups in total. The molecule has 1 heterocycles. The summed E-state index contributed by atoms with van der Waals surface area (Å²) in [4.78, 5) is 4.44. The van der Waals surface area contributed by atoms with Gasteiger partial charge in [-0.25, -0.2) is 0 Å². The van der Waals surface area contributed by atoms with Crippen LogP contribution in [0, 0.1) is 13.8 Å². The van der Waals surface area contributed by atoms with Crippen LogP contribution in [0.1, 0.15) is 48.1 Å². The minimum Gasteiger partial charge on any atom is -0.381 e. The third-order valence-corrected chi connectivity index (χ3v) is 6.03. The van der Waals surface area contributed by atoms with Gasteiger partial charge < -0.3 is 20.7 Å². The molecule has 162 valence electrons. The summed E-state index contributed by atoms with van der Waals surface area (Å²) in [6.07, 6.45) is 1.95. The number of aryl methyl sites for hydroxylation is 2. The molecule has 1 aliphatic heterocycles. The van der Waals surface area contributed by atoms with Gasteiger partial charge in [-0.3, -0.25) is 4.99 Å². The van der Waals surface area contributed by atoms with Gasteiger partial charge in [0.2, 0.25) is 0 Å². The van der Waals surface area contributed by atoms with E-state index in [4.69, 9.17) is 4.74 Å². The number of rotatable bonds is 7. The molecule has 2 aromatic rings. The Morgan fingerprint density at radius 2 is 1.80 bits per heavy atom. The van der Waals surface area contributed by atoms with E-state index in [1.165, 1.54) is 22.3 Å². The molecule has 1 atom stereocenters. The van der Waals surface area contributed by atoms with E-state index in [0.717, 1.165) is 45.1 Å². The van der Waals surface area contributed by atoms with Crippen LogP contribution in [0.4, 0.5) is 0 Å². The summed E-state index contributed by atoms with van der Waals surface area (Å²) in [6.45, 7) is 9.65. The number of ether oxygens (including phenoxy) is 1. The smallest absolute Gasteiger partial charge is 0.191 e. The topological polar surface area (TPSA) is 57.7 Å². The second-order valence-corrected chi connectivity index (χ2v) is 8.38. The van der Waals surface area contributed by atoms with Crippen molar-refractivity contribution in [3.8, 4) is 0 Å². The van der Waals surface area contributed by atoms with Crippen molar-refractivity contribution in [2.24, 2.45) is 4.99 Å². The molecule has 0 bridgehead atoms. The molecule has 0 aliphatic carbocycles. The van der Waals surface area contributed by atoms with Crippen molar-refractivity contribution in [3.63, 3.8) is 0 Å². The lowest BCUT2D eigenvalue weighted by atomic mass is 9.88. The zero-order valence-electron chi connectivity index (χ0n) is 18.8. The molecule has 5 nitrogen and oxygen atoms in total. The Hall–Kier alpha value is -2.37. The van der Waals surface area contributed by atoms with Crippen molar-refractivity contribution in [3.05, 3.63) is 70.8 Å². The Bertz CT molecular complexity index is 828. The molecule has 1 fully saturated rings. The first-order valence-electron chi connectivity index (χ1n) is 10.9. The fourth-order valence-electron chi connectivity index (χ4n) is 4.12. The first-order valence-corrected chi connectivity index (χ1v) is 10.9. The molecule has 1 saturated heterocycles. The lowest BCUT2D eigenvalue weighted by Crippen LogP contribution is -2.58. The molecule has 0 spiro atoms. The van der Waals surface area contributed by atoms with Crippen LogP contribution in [0.25, 0.3) is 0 Å². The molecular weight excluding hydrogens is 372 g/mol. The third-order valence-electron chi connectivity index (χ3n) is 6.03. The van der Waals surface area contributed by atoms with Crippen molar-refractivity contribution < 1.29 is 4.74 Å². The number of nitrogens with one attached hydrogen (secondary N) is 3. The van der Waals surface area contributed by atoms with Crippen molar-refractivity contribution in [1.29, 1.82) is 0 Å². The third kappa shape index (κ3) is 6.07. The van der Waals surface area contributed by atoms with Crippen LogP contribution in [0.3, 0.4) is 0 Å². The number of guanidine groups is 1. The quantitative estimate of drug-likeness (QED) is 0.481. The maximum absolute atomic E-state index is 5.66. The second kappa shape index (κ2) is 10.6. The molecule has 0 saturated carbocycles. The SMILES string of the molecule is CN=C(NCc1ccc(C)cc1C)NCC1(NC(C)c2ccccc2)CCOCC1. The van der Waals surface area contributed by atoms with Gasteiger partial charge in [-0.2, -0.15) is 0 Å². The van der Waals surface area contributed by atoms with Crippen molar-refractivity contribution in [1.82, 2.24) is 16.0 Å². The molecule has 1 aliphatic rings. The van der Waals surface area contributed by atoms with E-state index in [1.807, 2.05) is 7.05 Å². The minimum absolute atomic E-state index is 0.0229. The highest BCUT2D eigenvalue weighted by molar-refractivity contribution is 5.79. The zero-order chi connectivity index (χ0) is 21.4.